The van der Waals surface area contributed by atoms with Crippen molar-refractivity contribution in [3.8, 4) is 0 Å². The Morgan fingerprint density at radius 1 is 1.23 bits per heavy atom. The molecule has 1 unspecified atom stereocenters. The first-order valence-corrected chi connectivity index (χ1v) is 7.36. The van der Waals surface area contributed by atoms with E-state index in [1.165, 1.54) is 0 Å². The first-order chi connectivity index (χ1) is 10.6. The summed E-state index contributed by atoms with van der Waals surface area (Å²) in [5.74, 6) is -0.750. The van der Waals surface area contributed by atoms with Crippen LogP contribution in [0.2, 0.25) is 5.02 Å². The third kappa shape index (κ3) is 2.70. The number of para-hydroxylation sites is 1. The van der Waals surface area contributed by atoms with E-state index in [-0.39, 0.29) is 18.2 Å². The zero-order valence-corrected chi connectivity index (χ0v) is 12.8. The Bertz CT molecular complexity index is 745. The van der Waals surface area contributed by atoms with Crippen LogP contribution in [-0.2, 0) is 9.59 Å². The maximum absolute atomic E-state index is 12.6. The van der Waals surface area contributed by atoms with Gasteiger partial charge in [-0.2, -0.15) is 0 Å². The highest BCUT2D eigenvalue weighted by atomic mass is 35.5. The summed E-state index contributed by atoms with van der Waals surface area (Å²) >= 11 is 5.93. The van der Waals surface area contributed by atoms with Crippen LogP contribution in [-0.4, -0.2) is 18.9 Å². The average molecular weight is 315 g/mol. The van der Waals surface area contributed by atoms with Crippen LogP contribution in [0.25, 0.3) is 0 Å². The second-order valence-electron chi connectivity index (χ2n) is 5.27. The van der Waals surface area contributed by atoms with E-state index >= 15 is 0 Å². The SMILES string of the molecule is CN1C(=O)CC(C(=O)Nc2cccc(Cl)c2)c2ccccc21. The van der Waals surface area contributed by atoms with E-state index < -0.39 is 5.92 Å². The Morgan fingerprint density at radius 2 is 2.00 bits per heavy atom. The molecule has 0 saturated carbocycles. The van der Waals surface area contributed by atoms with Gasteiger partial charge in [0.05, 0.1) is 5.92 Å². The molecule has 2 aromatic carbocycles. The Morgan fingerprint density at radius 3 is 2.77 bits per heavy atom. The summed E-state index contributed by atoms with van der Waals surface area (Å²) in [6.45, 7) is 0. The Hall–Kier alpha value is -2.33. The molecular weight excluding hydrogens is 300 g/mol. The standard InChI is InChI=1S/C17H15ClN2O2/c1-20-15-8-3-2-7-13(15)14(10-16(20)21)17(22)19-12-6-4-5-11(18)9-12/h2-9,14H,10H2,1H3,(H,19,22). The minimum absolute atomic E-state index is 0.0649. The lowest BCUT2D eigenvalue weighted by molar-refractivity contribution is -0.124. The fourth-order valence-corrected chi connectivity index (χ4v) is 2.86. The van der Waals surface area contributed by atoms with Crippen molar-refractivity contribution in [3.05, 3.63) is 59.1 Å². The van der Waals surface area contributed by atoms with Gasteiger partial charge in [-0.15, -0.1) is 0 Å². The number of anilines is 2. The topological polar surface area (TPSA) is 49.4 Å². The molecule has 0 saturated heterocycles. The van der Waals surface area contributed by atoms with Crippen molar-refractivity contribution in [2.45, 2.75) is 12.3 Å². The fourth-order valence-electron chi connectivity index (χ4n) is 2.67. The van der Waals surface area contributed by atoms with Gasteiger partial charge >= 0.3 is 0 Å². The van der Waals surface area contributed by atoms with Crippen molar-refractivity contribution in [1.82, 2.24) is 0 Å². The average Bonchev–Trinajstić information content (AvgIpc) is 2.51. The molecule has 2 amide bonds. The van der Waals surface area contributed by atoms with Crippen molar-refractivity contribution in [2.24, 2.45) is 0 Å². The van der Waals surface area contributed by atoms with Crippen molar-refractivity contribution >= 4 is 34.8 Å². The molecule has 5 heteroatoms. The zero-order valence-electron chi connectivity index (χ0n) is 12.0. The van der Waals surface area contributed by atoms with Crippen LogP contribution in [0.3, 0.4) is 0 Å². The zero-order chi connectivity index (χ0) is 15.7. The number of carbonyl (C=O) groups excluding carboxylic acids is 2. The summed E-state index contributed by atoms with van der Waals surface area (Å²) in [6, 6.07) is 14.4. The number of nitrogens with zero attached hydrogens (tertiary/aromatic N) is 1. The van der Waals surface area contributed by atoms with Crippen molar-refractivity contribution in [1.29, 1.82) is 0 Å². The number of amides is 2. The predicted octanol–water partition coefficient (Wildman–Crippen LogP) is 3.43. The molecule has 0 bridgehead atoms. The van der Waals surface area contributed by atoms with Gasteiger partial charge < -0.3 is 10.2 Å². The number of hydrogen-bond acceptors (Lipinski definition) is 2. The van der Waals surface area contributed by atoms with Gasteiger partial charge in [0.2, 0.25) is 11.8 Å². The first-order valence-electron chi connectivity index (χ1n) is 6.98. The number of rotatable bonds is 2. The summed E-state index contributed by atoms with van der Waals surface area (Å²) in [6.07, 6.45) is 0.167. The highest BCUT2D eigenvalue weighted by Gasteiger charge is 2.33. The molecule has 0 aliphatic carbocycles. The van der Waals surface area contributed by atoms with Crippen molar-refractivity contribution < 1.29 is 9.59 Å². The maximum atomic E-state index is 12.6. The van der Waals surface area contributed by atoms with Crippen LogP contribution in [0.15, 0.2) is 48.5 Å². The highest BCUT2D eigenvalue weighted by molar-refractivity contribution is 6.30. The molecule has 112 valence electrons. The number of benzene rings is 2. The van der Waals surface area contributed by atoms with Crippen LogP contribution < -0.4 is 10.2 Å². The van der Waals surface area contributed by atoms with Crippen LogP contribution in [0, 0.1) is 0 Å². The summed E-state index contributed by atoms with van der Waals surface area (Å²) in [5.41, 5.74) is 2.27. The lowest BCUT2D eigenvalue weighted by Gasteiger charge is -2.30. The number of halogens is 1. The van der Waals surface area contributed by atoms with Crippen LogP contribution in [0.1, 0.15) is 17.9 Å². The summed E-state index contributed by atoms with van der Waals surface area (Å²) < 4.78 is 0. The van der Waals surface area contributed by atoms with E-state index in [4.69, 9.17) is 11.6 Å². The molecule has 1 N–H and O–H groups in total. The monoisotopic (exact) mass is 314 g/mol. The van der Waals surface area contributed by atoms with Gasteiger partial charge in [0.15, 0.2) is 0 Å². The molecule has 2 aromatic rings. The summed E-state index contributed by atoms with van der Waals surface area (Å²) in [7, 11) is 1.73. The van der Waals surface area contributed by atoms with Gasteiger partial charge in [-0.1, -0.05) is 35.9 Å². The third-order valence-corrected chi connectivity index (χ3v) is 4.07. The van der Waals surface area contributed by atoms with E-state index in [2.05, 4.69) is 5.32 Å². The molecule has 0 spiro atoms. The number of hydrogen-bond donors (Lipinski definition) is 1. The predicted molar refractivity (Wildman–Crippen MR) is 87.3 cm³/mol. The summed E-state index contributed by atoms with van der Waals surface area (Å²) in [4.78, 5) is 26.3. The van der Waals surface area contributed by atoms with Gasteiger partial charge in [-0.3, -0.25) is 9.59 Å². The van der Waals surface area contributed by atoms with Crippen LogP contribution in [0.4, 0.5) is 11.4 Å². The minimum Gasteiger partial charge on any atom is -0.325 e. The Balaban J connectivity index is 1.90. The normalized spacial score (nSPS) is 17.1. The molecule has 22 heavy (non-hydrogen) atoms. The van der Waals surface area contributed by atoms with Gasteiger partial charge in [0.1, 0.15) is 0 Å². The maximum Gasteiger partial charge on any atom is 0.232 e. The Labute approximate surface area is 133 Å². The number of carbonyl (C=O) groups is 2. The van der Waals surface area contributed by atoms with Crippen molar-refractivity contribution in [3.63, 3.8) is 0 Å². The lowest BCUT2D eigenvalue weighted by atomic mass is 9.89. The quantitative estimate of drug-likeness (QED) is 0.923. The van der Waals surface area contributed by atoms with Gasteiger partial charge in [0, 0.05) is 29.9 Å². The summed E-state index contributed by atoms with van der Waals surface area (Å²) in [5, 5.41) is 3.39. The van der Waals surface area contributed by atoms with Crippen molar-refractivity contribution in [2.75, 3.05) is 17.3 Å². The molecule has 4 nitrogen and oxygen atoms in total. The Kier molecular flexibility index (Phi) is 3.86. The minimum atomic E-state index is -0.487. The fraction of sp³-hybridized carbons (Fsp3) is 0.176. The largest absolute Gasteiger partial charge is 0.325 e. The van der Waals surface area contributed by atoms with Gasteiger partial charge in [-0.05, 0) is 29.8 Å². The van der Waals surface area contributed by atoms with E-state index in [1.54, 1.807) is 36.2 Å². The third-order valence-electron chi connectivity index (χ3n) is 3.84. The first kappa shape index (κ1) is 14.6. The van der Waals surface area contributed by atoms with E-state index in [0.717, 1.165) is 11.3 Å². The molecule has 1 heterocycles. The second kappa shape index (κ2) is 5.81. The van der Waals surface area contributed by atoms with Crippen LogP contribution >= 0.6 is 11.6 Å². The van der Waals surface area contributed by atoms with E-state index in [1.807, 2.05) is 24.3 Å². The van der Waals surface area contributed by atoms with Gasteiger partial charge in [-0.25, -0.2) is 0 Å². The van der Waals surface area contributed by atoms with E-state index in [0.29, 0.717) is 10.7 Å². The molecule has 1 atom stereocenters. The number of nitrogens with one attached hydrogen (secondary N) is 1. The van der Waals surface area contributed by atoms with Crippen LogP contribution in [0.5, 0.6) is 0 Å². The molecule has 1 aliphatic heterocycles. The highest BCUT2D eigenvalue weighted by Crippen LogP contribution is 2.35. The molecule has 0 fully saturated rings. The molecule has 0 radical (unpaired) electrons. The van der Waals surface area contributed by atoms with Gasteiger partial charge in [0.25, 0.3) is 0 Å². The van der Waals surface area contributed by atoms with E-state index in [9.17, 15) is 9.59 Å². The molecule has 1 aliphatic rings. The number of fused-ring (bicyclic) bond motifs is 1. The molecular formula is C17H15ClN2O2. The molecule has 3 rings (SSSR count). The smallest absolute Gasteiger partial charge is 0.232 e. The lowest BCUT2D eigenvalue weighted by Crippen LogP contribution is -2.37. The second-order valence-corrected chi connectivity index (χ2v) is 5.70. The molecule has 0 aromatic heterocycles.